The predicted octanol–water partition coefficient (Wildman–Crippen LogP) is 2.96. The molecule has 1 saturated carbocycles. The maximum absolute atomic E-state index is 12.1. The number of ketones is 1. The molecule has 16 heavy (non-hydrogen) atoms. The van der Waals surface area contributed by atoms with E-state index in [2.05, 4.69) is 17.4 Å². The largest absolute Gasteiger partial charge is 0.384 e. The van der Waals surface area contributed by atoms with Gasteiger partial charge in [-0.3, -0.25) is 4.79 Å². The Bertz CT molecular complexity index is 409. The van der Waals surface area contributed by atoms with Crippen LogP contribution in [0.15, 0.2) is 24.3 Å². The highest BCUT2D eigenvalue weighted by Gasteiger charge is 2.29. The van der Waals surface area contributed by atoms with Crippen molar-refractivity contribution in [3.8, 4) is 0 Å². The minimum Gasteiger partial charge on any atom is -0.384 e. The van der Waals surface area contributed by atoms with Crippen LogP contribution in [0.3, 0.4) is 0 Å². The molecule has 1 aliphatic heterocycles. The molecule has 1 fully saturated rings. The lowest BCUT2D eigenvalue weighted by atomic mass is 9.93. The van der Waals surface area contributed by atoms with Crippen molar-refractivity contribution < 1.29 is 4.79 Å². The first-order chi connectivity index (χ1) is 7.84. The fourth-order valence-corrected chi connectivity index (χ4v) is 2.50. The highest BCUT2D eigenvalue weighted by atomic mass is 16.1. The molecule has 3 rings (SSSR count). The number of fused-ring (bicyclic) bond motifs is 1. The summed E-state index contributed by atoms with van der Waals surface area (Å²) >= 11 is 0. The van der Waals surface area contributed by atoms with Crippen molar-refractivity contribution in [3.05, 3.63) is 29.8 Å². The lowest BCUT2D eigenvalue weighted by Crippen LogP contribution is -2.14. The molecule has 0 spiro atoms. The van der Waals surface area contributed by atoms with Crippen LogP contribution < -0.4 is 5.32 Å². The smallest absolute Gasteiger partial charge is 0.142 e. The number of carbonyl (C=O) groups excluding carboxylic acids is 1. The van der Waals surface area contributed by atoms with Crippen molar-refractivity contribution in [1.29, 1.82) is 0 Å². The summed E-state index contributed by atoms with van der Waals surface area (Å²) < 4.78 is 0. The summed E-state index contributed by atoms with van der Waals surface area (Å²) in [5.41, 5.74) is 2.34. The van der Waals surface area contributed by atoms with E-state index < -0.39 is 0 Å². The molecule has 0 amide bonds. The van der Waals surface area contributed by atoms with Crippen molar-refractivity contribution >= 4 is 11.5 Å². The Morgan fingerprint density at radius 1 is 1.31 bits per heavy atom. The summed E-state index contributed by atoms with van der Waals surface area (Å²) in [7, 11) is 0. The molecular formula is C14H17NO. The maximum Gasteiger partial charge on any atom is 0.142 e. The summed E-state index contributed by atoms with van der Waals surface area (Å²) in [5, 5.41) is 3.31. The van der Waals surface area contributed by atoms with E-state index in [1.807, 2.05) is 12.1 Å². The van der Waals surface area contributed by atoms with Crippen LogP contribution in [-0.4, -0.2) is 12.3 Å². The van der Waals surface area contributed by atoms with Gasteiger partial charge in [0.05, 0.1) is 5.92 Å². The second-order valence-electron chi connectivity index (χ2n) is 4.97. The summed E-state index contributed by atoms with van der Waals surface area (Å²) in [4.78, 5) is 12.1. The molecular weight excluding hydrogens is 198 g/mol. The number of hydrogen-bond acceptors (Lipinski definition) is 2. The van der Waals surface area contributed by atoms with E-state index in [0.717, 1.165) is 31.0 Å². The zero-order chi connectivity index (χ0) is 11.0. The van der Waals surface area contributed by atoms with E-state index in [4.69, 9.17) is 0 Å². The Morgan fingerprint density at radius 3 is 2.94 bits per heavy atom. The number of benzene rings is 1. The minimum atomic E-state index is 0.106. The normalized spacial score (nSPS) is 22.6. The topological polar surface area (TPSA) is 29.1 Å². The maximum atomic E-state index is 12.1. The molecule has 84 valence electrons. The van der Waals surface area contributed by atoms with Gasteiger partial charge in [0, 0.05) is 18.7 Å². The lowest BCUT2D eigenvalue weighted by Gasteiger charge is -2.08. The van der Waals surface area contributed by atoms with Gasteiger partial charge in [-0.2, -0.15) is 0 Å². The van der Waals surface area contributed by atoms with Crippen LogP contribution in [0, 0.1) is 5.92 Å². The van der Waals surface area contributed by atoms with Crippen molar-refractivity contribution in [2.75, 3.05) is 11.9 Å². The predicted molar refractivity (Wildman–Crippen MR) is 64.6 cm³/mol. The molecule has 1 atom stereocenters. The Morgan fingerprint density at radius 2 is 2.12 bits per heavy atom. The first-order valence-electron chi connectivity index (χ1n) is 6.20. The van der Waals surface area contributed by atoms with Crippen LogP contribution in [0.2, 0.25) is 0 Å². The molecule has 1 N–H and O–H groups in total. The summed E-state index contributed by atoms with van der Waals surface area (Å²) in [6, 6.07) is 8.18. The van der Waals surface area contributed by atoms with Gasteiger partial charge in [0.15, 0.2) is 0 Å². The number of Topliss-reactive ketones (excluding diaryl/α,β-unsaturated/α-hetero) is 1. The molecule has 1 aliphatic carbocycles. The Labute approximate surface area is 96.1 Å². The number of anilines is 1. The zero-order valence-corrected chi connectivity index (χ0v) is 9.41. The second kappa shape index (κ2) is 3.93. The fourth-order valence-electron chi connectivity index (χ4n) is 2.50. The van der Waals surface area contributed by atoms with E-state index in [9.17, 15) is 4.79 Å². The average molecular weight is 215 g/mol. The standard InChI is InChI=1S/C14H17NO/c16-14(8-7-10-5-6-10)12-9-15-13-4-2-1-3-11(12)13/h1-4,10,12,15H,5-9H2. The highest BCUT2D eigenvalue weighted by Crippen LogP contribution is 2.36. The summed E-state index contributed by atoms with van der Waals surface area (Å²) in [6.07, 6.45) is 4.56. The van der Waals surface area contributed by atoms with Gasteiger partial charge in [-0.25, -0.2) is 0 Å². The van der Waals surface area contributed by atoms with Gasteiger partial charge in [-0.15, -0.1) is 0 Å². The molecule has 0 saturated heterocycles. The van der Waals surface area contributed by atoms with Crippen LogP contribution >= 0.6 is 0 Å². The molecule has 2 heteroatoms. The van der Waals surface area contributed by atoms with E-state index in [-0.39, 0.29) is 5.92 Å². The van der Waals surface area contributed by atoms with Gasteiger partial charge in [-0.05, 0) is 24.0 Å². The van der Waals surface area contributed by atoms with Crippen molar-refractivity contribution in [3.63, 3.8) is 0 Å². The van der Waals surface area contributed by atoms with E-state index in [1.165, 1.54) is 18.4 Å². The SMILES string of the molecule is O=C(CCC1CC1)C1CNc2ccccc21. The van der Waals surface area contributed by atoms with Crippen LogP contribution in [-0.2, 0) is 4.79 Å². The van der Waals surface area contributed by atoms with Crippen LogP contribution in [0.1, 0.15) is 37.2 Å². The van der Waals surface area contributed by atoms with Crippen LogP contribution in [0.25, 0.3) is 0 Å². The number of carbonyl (C=O) groups is 1. The second-order valence-corrected chi connectivity index (χ2v) is 4.97. The summed E-state index contributed by atoms with van der Waals surface area (Å²) in [5.74, 6) is 1.38. The number of rotatable bonds is 4. The van der Waals surface area contributed by atoms with E-state index in [1.54, 1.807) is 0 Å². The first kappa shape index (κ1) is 9.88. The van der Waals surface area contributed by atoms with Crippen LogP contribution in [0.4, 0.5) is 5.69 Å². The quantitative estimate of drug-likeness (QED) is 0.836. The van der Waals surface area contributed by atoms with Gasteiger partial charge in [0.25, 0.3) is 0 Å². The van der Waals surface area contributed by atoms with E-state index >= 15 is 0 Å². The highest BCUT2D eigenvalue weighted by molar-refractivity contribution is 5.89. The third-order valence-corrected chi connectivity index (χ3v) is 3.72. The van der Waals surface area contributed by atoms with Crippen LogP contribution in [0.5, 0.6) is 0 Å². The zero-order valence-electron chi connectivity index (χ0n) is 9.41. The molecule has 0 aromatic heterocycles. The van der Waals surface area contributed by atoms with E-state index in [0.29, 0.717) is 5.78 Å². The Balaban J connectivity index is 1.68. The van der Waals surface area contributed by atoms with Gasteiger partial charge < -0.3 is 5.32 Å². The van der Waals surface area contributed by atoms with Gasteiger partial charge in [-0.1, -0.05) is 31.0 Å². The van der Waals surface area contributed by atoms with Gasteiger partial charge >= 0.3 is 0 Å². The number of para-hydroxylation sites is 1. The molecule has 1 aromatic rings. The Hall–Kier alpha value is -1.31. The average Bonchev–Trinajstić information content (AvgIpc) is 3.04. The monoisotopic (exact) mass is 215 g/mol. The van der Waals surface area contributed by atoms with Gasteiger partial charge in [0.2, 0.25) is 0 Å². The number of nitrogens with one attached hydrogen (secondary N) is 1. The summed E-state index contributed by atoms with van der Waals surface area (Å²) in [6.45, 7) is 0.794. The fraction of sp³-hybridized carbons (Fsp3) is 0.500. The molecule has 2 nitrogen and oxygen atoms in total. The molecule has 1 heterocycles. The first-order valence-corrected chi connectivity index (χ1v) is 6.20. The molecule has 0 bridgehead atoms. The molecule has 0 radical (unpaired) electrons. The lowest BCUT2D eigenvalue weighted by molar-refractivity contribution is -0.120. The Kier molecular flexibility index (Phi) is 2.43. The minimum absolute atomic E-state index is 0.106. The molecule has 1 aromatic carbocycles. The van der Waals surface area contributed by atoms with Crippen molar-refractivity contribution in [2.45, 2.75) is 31.6 Å². The number of hydrogen-bond donors (Lipinski definition) is 1. The third-order valence-electron chi connectivity index (χ3n) is 3.72. The molecule has 2 aliphatic rings. The van der Waals surface area contributed by atoms with Gasteiger partial charge in [0.1, 0.15) is 5.78 Å². The van der Waals surface area contributed by atoms with Crippen molar-refractivity contribution in [1.82, 2.24) is 0 Å². The molecule has 1 unspecified atom stereocenters. The van der Waals surface area contributed by atoms with Crippen molar-refractivity contribution in [2.24, 2.45) is 5.92 Å². The third kappa shape index (κ3) is 1.84.